The molecule has 1 amide bonds. The van der Waals surface area contributed by atoms with Gasteiger partial charge in [0.05, 0.1) is 18.2 Å². The van der Waals surface area contributed by atoms with Crippen molar-refractivity contribution in [1.29, 1.82) is 0 Å². The van der Waals surface area contributed by atoms with Crippen LogP contribution in [0.3, 0.4) is 0 Å². The highest BCUT2D eigenvalue weighted by Crippen LogP contribution is 2.30. The van der Waals surface area contributed by atoms with Crippen molar-refractivity contribution in [3.63, 3.8) is 0 Å². The average Bonchev–Trinajstić information content (AvgIpc) is 2.60. The van der Waals surface area contributed by atoms with E-state index in [0.29, 0.717) is 24.8 Å². The van der Waals surface area contributed by atoms with Gasteiger partial charge < -0.3 is 14.7 Å². The number of amides is 1. The lowest BCUT2D eigenvalue weighted by atomic mass is 9.89. The maximum atomic E-state index is 12.9. The third kappa shape index (κ3) is 4.33. The lowest BCUT2D eigenvalue weighted by molar-refractivity contribution is -0.148. The Morgan fingerprint density at radius 2 is 1.68 bits per heavy atom. The first-order chi connectivity index (χ1) is 11.9. The highest BCUT2D eigenvalue weighted by molar-refractivity contribution is 5.81. The summed E-state index contributed by atoms with van der Waals surface area (Å²) in [5.41, 5.74) is 1.28. The minimum atomic E-state index is -0.0710. The third-order valence-corrected chi connectivity index (χ3v) is 5.53. The van der Waals surface area contributed by atoms with E-state index in [2.05, 4.69) is 4.90 Å². The summed E-state index contributed by atoms with van der Waals surface area (Å²) in [5, 5.41) is 9.43. The van der Waals surface area contributed by atoms with Crippen molar-refractivity contribution in [3.8, 4) is 5.75 Å². The Hall–Kier alpha value is -1.59. The van der Waals surface area contributed by atoms with Crippen molar-refractivity contribution in [1.82, 2.24) is 9.80 Å². The van der Waals surface area contributed by atoms with Crippen LogP contribution in [-0.2, 0) is 9.53 Å². The lowest BCUT2D eigenvalue weighted by Gasteiger charge is -2.40. The maximum Gasteiger partial charge on any atom is 0.239 e. The van der Waals surface area contributed by atoms with Gasteiger partial charge in [0.2, 0.25) is 5.91 Å². The number of rotatable bonds is 3. The largest absolute Gasteiger partial charge is 0.508 e. The SMILES string of the molecule is CC1CN(C(=O)C(C)N2CCC(c3ccc(O)cc3)CC2)CC(C)O1. The van der Waals surface area contributed by atoms with Crippen molar-refractivity contribution in [2.24, 2.45) is 0 Å². The number of hydrogen-bond acceptors (Lipinski definition) is 4. The van der Waals surface area contributed by atoms with Crippen LogP contribution in [0.25, 0.3) is 0 Å². The van der Waals surface area contributed by atoms with E-state index in [1.165, 1.54) is 5.56 Å². The first-order valence-corrected chi connectivity index (χ1v) is 9.41. The predicted molar refractivity (Wildman–Crippen MR) is 97.7 cm³/mol. The number of benzene rings is 1. The topological polar surface area (TPSA) is 53.0 Å². The number of piperidine rings is 1. The van der Waals surface area contributed by atoms with Gasteiger partial charge in [0.25, 0.3) is 0 Å². The Kier molecular flexibility index (Phi) is 5.64. The van der Waals surface area contributed by atoms with E-state index in [1.54, 1.807) is 12.1 Å². The summed E-state index contributed by atoms with van der Waals surface area (Å²) in [6, 6.07) is 7.48. The summed E-state index contributed by atoms with van der Waals surface area (Å²) in [6.45, 7) is 9.36. The van der Waals surface area contributed by atoms with Crippen LogP contribution in [0.4, 0.5) is 0 Å². The van der Waals surface area contributed by atoms with Crippen LogP contribution in [0.5, 0.6) is 5.75 Å². The van der Waals surface area contributed by atoms with Crippen molar-refractivity contribution < 1.29 is 14.6 Å². The van der Waals surface area contributed by atoms with Gasteiger partial charge in [-0.1, -0.05) is 12.1 Å². The molecule has 2 aliphatic rings. The van der Waals surface area contributed by atoms with E-state index in [0.717, 1.165) is 25.9 Å². The van der Waals surface area contributed by atoms with Gasteiger partial charge in [-0.3, -0.25) is 9.69 Å². The highest BCUT2D eigenvalue weighted by Gasteiger charge is 2.33. The summed E-state index contributed by atoms with van der Waals surface area (Å²) in [6.07, 6.45) is 2.33. The number of carbonyl (C=O) groups excluding carboxylic acids is 1. The summed E-state index contributed by atoms with van der Waals surface area (Å²) in [4.78, 5) is 17.2. The minimum Gasteiger partial charge on any atom is -0.508 e. The van der Waals surface area contributed by atoms with E-state index >= 15 is 0 Å². The van der Waals surface area contributed by atoms with Crippen LogP contribution in [-0.4, -0.2) is 65.2 Å². The molecule has 5 nitrogen and oxygen atoms in total. The van der Waals surface area contributed by atoms with Gasteiger partial charge in [-0.15, -0.1) is 0 Å². The van der Waals surface area contributed by atoms with Crippen LogP contribution in [0.1, 0.15) is 45.1 Å². The number of phenolic OH excluding ortho intramolecular Hbond substituents is 1. The van der Waals surface area contributed by atoms with E-state index in [1.807, 2.05) is 37.8 Å². The molecule has 2 saturated heterocycles. The van der Waals surface area contributed by atoms with Crippen LogP contribution in [0.2, 0.25) is 0 Å². The number of nitrogens with zero attached hydrogens (tertiary/aromatic N) is 2. The second kappa shape index (κ2) is 7.75. The zero-order valence-corrected chi connectivity index (χ0v) is 15.5. The van der Waals surface area contributed by atoms with Gasteiger partial charge in [0, 0.05) is 13.1 Å². The van der Waals surface area contributed by atoms with Crippen LogP contribution in [0.15, 0.2) is 24.3 Å². The van der Waals surface area contributed by atoms with Gasteiger partial charge in [-0.05, 0) is 70.3 Å². The van der Waals surface area contributed by atoms with Gasteiger partial charge in [0.1, 0.15) is 5.75 Å². The number of hydrogen-bond donors (Lipinski definition) is 1. The molecular weight excluding hydrogens is 316 g/mol. The molecule has 1 aromatic rings. The lowest BCUT2D eigenvalue weighted by Crippen LogP contribution is -2.55. The quantitative estimate of drug-likeness (QED) is 0.914. The van der Waals surface area contributed by atoms with Crippen molar-refractivity contribution >= 4 is 5.91 Å². The highest BCUT2D eigenvalue weighted by atomic mass is 16.5. The van der Waals surface area contributed by atoms with Crippen LogP contribution in [0, 0.1) is 0 Å². The molecule has 2 fully saturated rings. The predicted octanol–water partition coefficient (Wildman–Crippen LogP) is 2.60. The Bertz CT molecular complexity index is 571. The molecule has 3 rings (SSSR count). The summed E-state index contributed by atoms with van der Waals surface area (Å²) in [5.74, 6) is 1.06. The van der Waals surface area contributed by atoms with Gasteiger partial charge >= 0.3 is 0 Å². The standard InChI is InChI=1S/C20H30N2O3/c1-14-12-22(13-15(2)25-14)20(24)16(3)21-10-8-18(9-11-21)17-4-6-19(23)7-5-17/h4-7,14-16,18,23H,8-13H2,1-3H3. The molecule has 0 spiro atoms. The molecule has 2 aliphatic heterocycles. The van der Waals surface area contributed by atoms with Gasteiger partial charge in [-0.25, -0.2) is 0 Å². The molecule has 0 bridgehead atoms. The van der Waals surface area contributed by atoms with E-state index in [4.69, 9.17) is 4.74 Å². The number of likely N-dealkylation sites (tertiary alicyclic amines) is 1. The number of aromatic hydroxyl groups is 1. The molecule has 5 heteroatoms. The number of morpholine rings is 1. The monoisotopic (exact) mass is 346 g/mol. The molecule has 3 unspecified atom stereocenters. The molecule has 0 aromatic heterocycles. The zero-order chi connectivity index (χ0) is 18.0. The second-order valence-electron chi connectivity index (χ2n) is 7.58. The fraction of sp³-hybridized carbons (Fsp3) is 0.650. The molecule has 1 N–H and O–H groups in total. The number of ether oxygens (including phenoxy) is 1. The number of phenols is 1. The Morgan fingerprint density at radius 1 is 1.12 bits per heavy atom. The fourth-order valence-corrected chi connectivity index (χ4v) is 4.14. The summed E-state index contributed by atoms with van der Waals surface area (Å²) >= 11 is 0. The molecule has 25 heavy (non-hydrogen) atoms. The first-order valence-electron chi connectivity index (χ1n) is 9.41. The van der Waals surface area contributed by atoms with Crippen molar-refractivity contribution in [2.75, 3.05) is 26.2 Å². The van der Waals surface area contributed by atoms with Crippen LogP contribution >= 0.6 is 0 Å². The summed E-state index contributed by atoms with van der Waals surface area (Å²) < 4.78 is 5.74. The zero-order valence-electron chi connectivity index (χ0n) is 15.5. The number of carbonyl (C=O) groups is 1. The van der Waals surface area contributed by atoms with E-state index < -0.39 is 0 Å². The molecule has 0 saturated carbocycles. The molecule has 1 aromatic carbocycles. The molecule has 138 valence electrons. The summed E-state index contributed by atoms with van der Waals surface area (Å²) in [7, 11) is 0. The second-order valence-corrected chi connectivity index (χ2v) is 7.58. The van der Waals surface area contributed by atoms with E-state index in [-0.39, 0.29) is 24.2 Å². The average molecular weight is 346 g/mol. The van der Waals surface area contributed by atoms with Crippen molar-refractivity contribution in [2.45, 2.75) is 57.8 Å². The Labute approximate surface area is 150 Å². The normalized spacial score (nSPS) is 27.2. The van der Waals surface area contributed by atoms with Crippen LogP contribution < -0.4 is 0 Å². The molecule has 3 atom stereocenters. The molecule has 0 radical (unpaired) electrons. The van der Waals surface area contributed by atoms with Crippen molar-refractivity contribution in [3.05, 3.63) is 29.8 Å². The first kappa shape index (κ1) is 18.2. The van der Waals surface area contributed by atoms with E-state index in [9.17, 15) is 9.90 Å². The maximum absolute atomic E-state index is 12.9. The van der Waals surface area contributed by atoms with Gasteiger partial charge in [-0.2, -0.15) is 0 Å². The minimum absolute atomic E-state index is 0.0710. The van der Waals surface area contributed by atoms with Gasteiger partial charge in [0.15, 0.2) is 0 Å². The molecule has 2 heterocycles. The smallest absolute Gasteiger partial charge is 0.239 e. The Balaban J connectivity index is 1.55. The Morgan fingerprint density at radius 3 is 2.24 bits per heavy atom. The molecule has 0 aliphatic carbocycles. The molecular formula is C20H30N2O3. The fourth-order valence-electron chi connectivity index (χ4n) is 4.14. The third-order valence-electron chi connectivity index (χ3n) is 5.53.